The van der Waals surface area contributed by atoms with E-state index in [1.807, 2.05) is 48.1 Å². The van der Waals surface area contributed by atoms with Crippen molar-refractivity contribution >= 4 is 27.8 Å². The van der Waals surface area contributed by atoms with Crippen molar-refractivity contribution < 1.29 is 9.53 Å². The molecular weight excluding hydrogens is 514 g/mol. The van der Waals surface area contributed by atoms with Crippen LogP contribution in [-0.4, -0.2) is 60.4 Å². The number of aromatic nitrogens is 5. The topological polar surface area (TPSA) is 96.1 Å². The van der Waals surface area contributed by atoms with Crippen molar-refractivity contribution in [1.82, 2.24) is 28.8 Å². The summed E-state index contributed by atoms with van der Waals surface area (Å²) in [5.41, 5.74) is 13.2. The zero-order chi connectivity index (χ0) is 28.0. The highest BCUT2D eigenvalue weighted by atomic mass is 16.5. The van der Waals surface area contributed by atoms with Gasteiger partial charge in [-0.3, -0.25) is 9.48 Å². The highest BCUT2D eigenvalue weighted by Crippen LogP contribution is 2.40. The Morgan fingerprint density at radius 1 is 1.05 bits per heavy atom. The van der Waals surface area contributed by atoms with Crippen LogP contribution in [0.2, 0.25) is 0 Å². The molecule has 210 valence electrons. The lowest BCUT2D eigenvalue weighted by Gasteiger charge is -2.27. The van der Waals surface area contributed by atoms with Crippen LogP contribution >= 0.6 is 0 Å². The Balaban J connectivity index is 1.25. The van der Waals surface area contributed by atoms with Crippen molar-refractivity contribution in [3.63, 3.8) is 0 Å². The molecule has 2 N–H and O–H groups in total. The van der Waals surface area contributed by atoms with Gasteiger partial charge in [-0.15, -0.1) is 0 Å². The van der Waals surface area contributed by atoms with E-state index in [4.69, 9.17) is 15.5 Å². The van der Waals surface area contributed by atoms with Crippen molar-refractivity contribution in [3.05, 3.63) is 54.2 Å². The Morgan fingerprint density at radius 3 is 2.59 bits per heavy atom. The summed E-state index contributed by atoms with van der Waals surface area (Å²) in [7, 11) is 5.67. The zero-order valence-corrected chi connectivity index (χ0v) is 23.7. The number of piperidine rings is 1. The quantitative estimate of drug-likeness (QED) is 0.335. The Labute approximate surface area is 238 Å². The van der Waals surface area contributed by atoms with Gasteiger partial charge in [0.1, 0.15) is 11.3 Å². The number of imidazole rings is 1. The fraction of sp³-hybridized carbons (Fsp3) is 0.406. The van der Waals surface area contributed by atoms with E-state index in [2.05, 4.69) is 38.5 Å². The molecule has 3 aliphatic rings. The molecule has 9 heteroatoms. The molecule has 1 aliphatic heterocycles. The third kappa shape index (κ3) is 3.75. The molecule has 41 heavy (non-hydrogen) atoms. The minimum absolute atomic E-state index is 0.0191. The predicted molar refractivity (Wildman–Crippen MR) is 159 cm³/mol. The fourth-order valence-corrected chi connectivity index (χ4v) is 7.28. The third-order valence-corrected chi connectivity index (χ3v) is 9.70. The molecule has 1 amide bonds. The largest absolute Gasteiger partial charge is 0.494 e. The molecule has 3 atom stereocenters. The summed E-state index contributed by atoms with van der Waals surface area (Å²) >= 11 is 0. The van der Waals surface area contributed by atoms with Crippen LogP contribution in [-0.2, 0) is 20.6 Å². The molecule has 2 aliphatic carbocycles. The highest BCUT2D eigenvalue weighted by molar-refractivity contribution is 6.00. The van der Waals surface area contributed by atoms with E-state index in [-0.39, 0.29) is 18.0 Å². The lowest BCUT2D eigenvalue weighted by atomic mass is 10.1. The summed E-state index contributed by atoms with van der Waals surface area (Å²) in [6.45, 7) is 1.69. The molecule has 0 radical (unpaired) electrons. The lowest BCUT2D eigenvalue weighted by molar-refractivity contribution is 0.0700. The first-order chi connectivity index (χ1) is 19.9. The monoisotopic (exact) mass is 549 g/mol. The van der Waals surface area contributed by atoms with Crippen LogP contribution in [0.15, 0.2) is 48.7 Å². The Bertz CT molecular complexity index is 1840. The van der Waals surface area contributed by atoms with E-state index in [0.717, 1.165) is 59.7 Å². The van der Waals surface area contributed by atoms with Gasteiger partial charge in [-0.1, -0.05) is 12.1 Å². The summed E-state index contributed by atoms with van der Waals surface area (Å²) in [6, 6.07) is 14.9. The summed E-state index contributed by atoms with van der Waals surface area (Å²) in [5.74, 6) is 2.63. The molecule has 2 bridgehead atoms. The maximum atomic E-state index is 13.7. The molecule has 2 unspecified atom stereocenters. The Morgan fingerprint density at radius 2 is 1.90 bits per heavy atom. The van der Waals surface area contributed by atoms with Crippen molar-refractivity contribution in [2.45, 2.75) is 44.3 Å². The summed E-state index contributed by atoms with van der Waals surface area (Å²) in [6.07, 6.45) is 6.44. The molecule has 2 saturated carbocycles. The number of ether oxygens (including phenoxy) is 1. The van der Waals surface area contributed by atoms with Crippen LogP contribution in [0.5, 0.6) is 5.75 Å². The summed E-state index contributed by atoms with van der Waals surface area (Å²) in [4.78, 5) is 20.8. The van der Waals surface area contributed by atoms with Crippen LogP contribution in [0.4, 0.5) is 0 Å². The van der Waals surface area contributed by atoms with Crippen molar-refractivity contribution in [1.29, 1.82) is 0 Å². The molecule has 3 fully saturated rings. The lowest BCUT2D eigenvalue weighted by Crippen LogP contribution is -2.41. The number of methoxy groups -OCH3 is 1. The molecule has 4 heterocycles. The van der Waals surface area contributed by atoms with Gasteiger partial charge in [-0.2, -0.15) is 5.10 Å². The number of fused-ring (bicyclic) bond motifs is 4. The van der Waals surface area contributed by atoms with Gasteiger partial charge in [0.05, 0.1) is 24.0 Å². The number of aryl methyl sites for hydroxylation is 2. The second-order valence-corrected chi connectivity index (χ2v) is 12.2. The second kappa shape index (κ2) is 8.94. The van der Waals surface area contributed by atoms with E-state index < -0.39 is 0 Å². The molecule has 9 nitrogen and oxygen atoms in total. The first kappa shape index (κ1) is 24.7. The number of benzene rings is 2. The second-order valence-electron chi connectivity index (χ2n) is 12.2. The highest BCUT2D eigenvalue weighted by Gasteiger charge is 2.47. The normalized spacial score (nSPS) is 22.0. The number of nitrogens with two attached hydrogens (primary N) is 1. The van der Waals surface area contributed by atoms with E-state index >= 15 is 0 Å². The molecule has 5 aromatic rings. The maximum Gasteiger partial charge on any atom is 0.254 e. The van der Waals surface area contributed by atoms with E-state index in [1.165, 1.54) is 23.7 Å². The number of carbonyl (C=O) groups excluding carboxylic acids is 1. The molecular formula is C32H35N7O2. The molecule has 3 aromatic heterocycles. The third-order valence-electron chi connectivity index (χ3n) is 9.70. The van der Waals surface area contributed by atoms with Gasteiger partial charge in [0.2, 0.25) is 0 Å². The zero-order valence-electron chi connectivity index (χ0n) is 23.7. The van der Waals surface area contributed by atoms with Crippen LogP contribution in [0, 0.1) is 11.8 Å². The fourth-order valence-electron chi connectivity index (χ4n) is 7.28. The van der Waals surface area contributed by atoms with Gasteiger partial charge in [0, 0.05) is 67.5 Å². The maximum absolute atomic E-state index is 13.7. The Hall–Kier alpha value is -4.11. The number of carbonyl (C=O) groups is 1. The van der Waals surface area contributed by atoms with Gasteiger partial charge < -0.3 is 24.5 Å². The number of nitrogens with zero attached hydrogens (tertiary/aromatic N) is 6. The average Bonchev–Trinajstić information content (AvgIpc) is 3.23. The number of hydrogen-bond acceptors (Lipinski definition) is 5. The van der Waals surface area contributed by atoms with Gasteiger partial charge in [-0.05, 0) is 67.9 Å². The smallest absolute Gasteiger partial charge is 0.254 e. The first-order valence-corrected chi connectivity index (χ1v) is 14.6. The van der Waals surface area contributed by atoms with Gasteiger partial charge in [0.25, 0.3) is 5.91 Å². The van der Waals surface area contributed by atoms with Gasteiger partial charge in [-0.25, -0.2) is 4.98 Å². The van der Waals surface area contributed by atoms with E-state index in [9.17, 15) is 4.79 Å². The summed E-state index contributed by atoms with van der Waals surface area (Å²) in [5, 5.41) is 5.55. The van der Waals surface area contributed by atoms with Crippen LogP contribution in [0.25, 0.3) is 44.7 Å². The minimum atomic E-state index is 0.0191. The average molecular weight is 550 g/mol. The van der Waals surface area contributed by atoms with Crippen LogP contribution in [0.1, 0.15) is 36.0 Å². The van der Waals surface area contributed by atoms with Gasteiger partial charge >= 0.3 is 0 Å². The number of hydrogen-bond donors (Lipinski definition) is 1. The predicted octanol–water partition coefficient (Wildman–Crippen LogP) is 4.58. The standard InChI is InChI=1S/C32H35N7O2/c1-36-30-23(12-22(15-28(30)41-3)32(40)39-17-21-8-9-25(39)29(21)33)35-31(36)27-14-20-7-6-19(24-10-11-34-37(24)2)13-26(20)38(27)16-18-4-5-18/h6-7,10-15,18,21,25,29H,4-5,8-9,16-17,33H2,1-3H3/t21?,25?,29-/m1/s1. The Kier molecular flexibility index (Phi) is 5.38. The van der Waals surface area contributed by atoms with E-state index in [0.29, 0.717) is 23.1 Å². The summed E-state index contributed by atoms with van der Waals surface area (Å²) < 4.78 is 12.3. The van der Waals surface area contributed by atoms with E-state index in [1.54, 1.807) is 7.11 Å². The molecule has 8 rings (SSSR count). The molecule has 1 saturated heterocycles. The van der Waals surface area contributed by atoms with Crippen molar-refractivity contribution in [2.75, 3.05) is 13.7 Å². The molecule has 0 spiro atoms. The van der Waals surface area contributed by atoms with Crippen molar-refractivity contribution in [2.24, 2.45) is 31.7 Å². The van der Waals surface area contributed by atoms with Crippen LogP contribution < -0.4 is 10.5 Å². The van der Waals surface area contributed by atoms with Crippen LogP contribution in [0.3, 0.4) is 0 Å². The minimum Gasteiger partial charge on any atom is -0.494 e. The molecule has 2 aromatic carbocycles. The van der Waals surface area contributed by atoms with Crippen molar-refractivity contribution in [3.8, 4) is 28.5 Å². The number of amides is 1. The SMILES string of the molecule is COc1cc(C(=O)N2CC3CCC2[C@@H]3N)cc2nc(-c3cc4ccc(-c5ccnn5C)cc4n3CC3CC3)n(C)c12. The first-order valence-electron chi connectivity index (χ1n) is 14.6. The van der Waals surface area contributed by atoms with Gasteiger partial charge in [0.15, 0.2) is 5.82 Å². The number of rotatable bonds is 6. The number of likely N-dealkylation sites (tertiary alicyclic amines) is 1.